The van der Waals surface area contributed by atoms with Crippen LogP contribution in [0.5, 0.6) is 0 Å². The molecule has 3 rings (SSSR count). The molecule has 10 N–H and O–H groups in total. The van der Waals surface area contributed by atoms with E-state index in [9.17, 15) is 74.6 Å². The van der Waals surface area contributed by atoms with Gasteiger partial charge in [0.1, 0.15) is 92.6 Å². The molecule has 121 heavy (non-hydrogen) atoms. The zero-order chi connectivity index (χ0) is 88.4. The Morgan fingerprint density at radius 1 is 0.347 bits per heavy atom. The third-order valence-corrected chi connectivity index (χ3v) is 25.4. The van der Waals surface area contributed by atoms with E-state index in [0.717, 1.165) is 141 Å². The number of hydrogen-bond donors (Lipinski definition) is 10. The molecule has 25 nitrogen and oxygen atoms in total. The molecule has 0 spiro atoms. The highest BCUT2D eigenvalue weighted by Gasteiger charge is 2.60. The minimum Gasteiger partial charge on any atom is -0.463 e. The first kappa shape index (κ1) is 112. The van der Waals surface area contributed by atoms with Crippen molar-refractivity contribution in [1.29, 1.82) is 0 Å². The SMILES string of the molecule is CCCCCC/C=C\CCCCCCCCCC(=O)OC1C(O)C(O)C(OC2OC(CO)C(O)C(O)C2O)C(OP(=O)(O)OCC(COC(=O)CCCCCCCCCCCCCCCCC)OC(=O)CCCCCCCCC(C)CCCCCCCC)C1OC1OC(COC(=O)CCCCCCCCCCCCCCCCCC)C(O)C(O)C1O. The van der Waals surface area contributed by atoms with E-state index in [1.165, 1.54) is 199 Å². The predicted molar refractivity (Wildman–Crippen MR) is 472 cm³/mol. The smallest absolute Gasteiger partial charge is 0.463 e. The molecule has 0 amide bonds. The molecule has 0 radical (unpaired) electrons. The quantitative estimate of drug-likeness (QED) is 0.00889. The van der Waals surface area contributed by atoms with Crippen LogP contribution in [-0.4, -0.2) is 205 Å². The van der Waals surface area contributed by atoms with E-state index in [-0.39, 0.29) is 25.7 Å². The standard InChI is InChI=1S/C95H177O25P/c1-6-10-14-18-22-25-28-31-34-37-39-42-45-48-55-61-67-79(98)112-73-77-83(102)85(104)89(108)95(116-77)119-92-90(117-81(100)69-63-56-49-46-43-40-36-33-30-27-24-20-16-12-8-3)86(105)87(106)91(118-94-88(107)84(103)82(101)76(70-96)115-94)93(92)120-121(109,110)113-72-75(71-111-78(97)66-60-54-47-44-41-38-35-32-29-26-23-19-15-11-7-2)114-80(99)68-62-57-51-50-53-59-65-74(5)64-58-52-21-17-13-9-4/h27,30,74-77,82-96,101-108H,6-26,28-29,31-73H2,1-5H3,(H,109,110)/b30-27-. The van der Waals surface area contributed by atoms with E-state index in [4.69, 9.17) is 46.9 Å². The van der Waals surface area contributed by atoms with Gasteiger partial charge in [0, 0.05) is 25.7 Å². The number of ether oxygens (including phenoxy) is 8. The van der Waals surface area contributed by atoms with Gasteiger partial charge < -0.3 is 88.7 Å². The van der Waals surface area contributed by atoms with Crippen molar-refractivity contribution in [3.8, 4) is 0 Å². The summed E-state index contributed by atoms with van der Waals surface area (Å²) in [6.45, 7) is 7.96. The van der Waals surface area contributed by atoms with Crippen LogP contribution in [0.15, 0.2) is 12.2 Å². The molecule has 0 aromatic carbocycles. The maximum absolute atomic E-state index is 14.9. The monoisotopic (exact) mass is 1750 g/mol. The van der Waals surface area contributed by atoms with Crippen molar-refractivity contribution in [3.05, 3.63) is 12.2 Å². The van der Waals surface area contributed by atoms with Crippen molar-refractivity contribution < 1.29 is 122 Å². The average Bonchev–Trinajstić information content (AvgIpc) is 0.754. The minimum atomic E-state index is -5.81. The van der Waals surface area contributed by atoms with Gasteiger partial charge in [0.2, 0.25) is 0 Å². The van der Waals surface area contributed by atoms with Gasteiger partial charge in [0.15, 0.2) is 24.8 Å². The molecule has 19 atom stereocenters. The molecule has 19 unspecified atom stereocenters. The number of unbranched alkanes of at least 4 members (excludes halogenated alkanes) is 50. The van der Waals surface area contributed by atoms with Gasteiger partial charge in [-0.3, -0.25) is 28.2 Å². The lowest BCUT2D eigenvalue weighted by atomic mass is 9.84. The van der Waals surface area contributed by atoms with Crippen LogP contribution < -0.4 is 0 Å². The lowest BCUT2D eigenvalue weighted by Crippen LogP contribution is -2.70. The molecule has 1 aliphatic carbocycles. The van der Waals surface area contributed by atoms with Gasteiger partial charge in [0.25, 0.3) is 0 Å². The first-order valence-electron chi connectivity index (χ1n) is 49.3. The van der Waals surface area contributed by atoms with Crippen LogP contribution in [0.2, 0.25) is 0 Å². The largest absolute Gasteiger partial charge is 0.472 e. The molecule has 712 valence electrons. The molecule has 26 heteroatoms. The fourth-order valence-corrected chi connectivity index (χ4v) is 17.5. The Morgan fingerprint density at radius 2 is 0.669 bits per heavy atom. The van der Waals surface area contributed by atoms with Crippen LogP contribution in [0, 0.1) is 5.92 Å². The van der Waals surface area contributed by atoms with E-state index in [0.29, 0.717) is 38.0 Å². The molecular formula is C95H177O25P. The zero-order valence-electron chi connectivity index (χ0n) is 76.3. The Balaban J connectivity index is 1.91. The van der Waals surface area contributed by atoms with E-state index in [2.05, 4.69) is 46.8 Å². The van der Waals surface area contributed by atoms with Crippen LogP contribution in [0.3, 0.4) is 0 Å². The van der Waals surface area contributed by atoms with Crippen molar-refractivity contribution in [3.63, 3.8) is 0 Å². The third-order valence-electron chi connectivity index (χ3n) is 24.4. The lowest BCUT2D eigenvalue weighted by Gasteiger charge is -2.50. The van der Waals surface area contributed by atoms with Crippen LogP contribution in [0.1, 0.15) is 433 Å². The molecule has 2 saturated heterocycles. The summed E-state index contributed by atoms with van der Waals surface area (Å²) in [4.78, 5) is 66.7. The summed E-state index contributed by atoms with van der Waals surface area (Å²) < 4.78 is 73.6. The van der Waals surface area contributed by atoms with Gasteiger partial charge in [-0.05, 0) is 57.3 Å². The maximum atomic E-state index is 14.9. The fourth-order valence-electron chi connectivity index (χ4n) is 16.5. The van der Waals surface area contributed by atoms with Crippen molar-refractivity contribution >= 4 is 31.7 Å². The molecule has 0 bridgehead atoms. The second-order valence-corrected chi connectivity index (χ2v) is 37.0. The first-order chi connectivity index (χ1) is 58.6. The number of allylic oxidation sites excluding steroid dienone is 2. The maximum Gasteiger partial charge on any atom is 0.472 e. The molecule has 2 heterocycles. The normalized spacial score (nSPS) is 24.9. The minimum absolute atomic E-state index is 0.0181. The molecule has 3 fully saturated rings. The summed E-state index contributed by atoms with van der Waals surface area (Å²) >= 11 is 0. The van der Waals surface area contributed by atoms with Crippen LogP contribution in [0.4, 0.5) is 0 Å². The van der Waals surface area contributed by atoms with Crippen LogP contribution in [-0.2, 0) is 70.7 Å². The van der Waals surface area contributed by atoms with Gasteiger partial charge in [0.05, 0.1) is 13.2 Å². The zero-order valence-corrected chi connectivity index (χ0v) is 77.2. The van der Waals surface area contributed by atoms with Gasteiger partial charge in [-0.1, -0.05) is 368 Å². The third kappa shape index (κ3) is 53.1. The fraction of sp³-hybridized carbons (Fsp3) is 0.937. The van der Waals surface area contributed by atoms with Crippen molar-refractivity contribution in [2.75, 3.05) is 26.4 Å². The summed E-state index contributed by atoms with van der Waals surface area (Å²) in [5.41, 5.74) is 0. The molecular weight excluding hydrogens is 1570 g/mol. The molecule has 0 aromatic rings. The summed E-state index contributed by atoms with van der Waals surface area (Å²) in [6.07, 6.45) is 31.8. The van der Waals surface area contributed by atoms with E-state index >= 15 is 0 Å². The van der Waals surface area contributed by atoms with Gasteiger partial charge in [-0.25, -0.2) is 4.57 Å². The molecule has 0 aromatic heterocycles. The van der Waals surface area contributed by atoms with Crippen LogP contribution >= 0.6 is 7.82 Å². The number of rotatable bonds is 80. The Labute approximate surface area is 731 Å². The number of esters is 4. The summed E-state index contributed by atoms with van der Waals surface area (Å²) in [7, 11) is -5.81. The summed E-state index contributed by atoms with van der Waals surface area (Å²) in [5, 5.41) is 103. The first-order valence-corrected chi connectivity index (χ1v) is 50.8. The van der Waals surface area contributed by atoms with E-state index in [1.807, 2.05) is 0 Å². The van der Waals surface area contributed by atoms with Crippen LogP contribution in [0.25, 0.3) is 0 Å². The molecule has 3 aliphatic rings. The average molecular weight is 1750 g/mol. The number of carbonyl (C=O) groups excluding carboxylic acids is 4. The van der Waals surface area contributed by atoms with Gasteiger partial charge in [-0.2, -0.15) is 0 Å². The number of carbonyl (C=O) groups is 4. The van der Waals surface area contributed by atoms with E-state index < -0.39 is 162 Å². The predicted octanol–water partition coefficient (Wildman–Crippen LogP) is 19.0. The Morgan fingerprint density at radius 3 is 1.07 bits per heavy atom. The highest BCUT2D eigenvalue weighted by atomic mass is 31.2. The molecule has 2 aliphatic heterocycles. The van der Waals surface area contributed by atoms with Crippen molar-refractivity contribution in [2.45, 2.75) is 537 Å². The number of phosphoric ester groups is 1. The summed E-state index contributed by atoms with van der Waals surface area (Å²) in [6, 6.07) is 0. The second kappa shape index (κ2) is 73.0. The van der Waals surface area contributed by atoms with Crippen molar-refractivity contribution in [2.24, 2.45) is 5.92 Å². The number of hydrogen-bond acceptors (Lipinski definition) is 24. The Hall–Kier alpha value is -2.79. The number of phosphoric acid groups is 1. The van der Waals surface area contributed by atoms with Gasteiger partial charge in [-0.15, -0.1) is 0 Å². The Kier molecular flexibility index (Phi) is 67.8. The topological polar surface area (TPSA) is 380 Å². The molecule has 1 saturated carbocycles. The van der Waals surface area contributed by atoms with E-state index in [1.54, 1.807) is 0 Å². The summed E-state index contributed by atoms with van der Waals surface area (Å²) in [5.74, 6) is -2.28. The van der Waals surface area contributed by atoms with Crippen molar-refractivity contribution in [1.82, 2.24) is 0 Å². The highest BCUT2D eigenvalue weighted by molar-refractivity contribution is 7.47. The second-order valence-electron chi connectivity index (χ2n) is 35.6. The van der Waals surface area contributed by atoms with Gasteiger partial charge >= 0.3 is 31.7 Å². The Bertz CT molecular complexity index is 2570. The number of aliphatic hydroxyl groups excluding tert-OH is 9. The number of aliphatic hydroxyl groups is 9. The highest BCUT2D eigenvalue weighted by Crippen LogP contribution is 2.49. The lowest BCUT2D eigenvalue weighted by molar-refractivity contribution is -0.360.